The molecule has 0 amide bonds. The Labute approximate surface area is 151 Å². The molecular formula is C17H18N4O4S. The number of rotatable bonds is 6. The molecule has 0 unspecified atom stereocenters. The van der Waals surface area contributed by atoms with Gasteiger partial charge in [0.05, 0.1) is 24.7 Å². The summed E-state index contributed by atoms with van der Waals surface area (Å²) in [4.78, 5) is 4.16. The van der Waals surface area contributed by atoms with Crippen LogP contribution >= 0.6 is 0 Å². The molecule has 0 radical (unpaired) electrons. The van der Waals surface area contributed by atoms with Crippen molar-refractivity contribution in [3.05, 3.63) is 54.0 Å². The average molecular weight is 374 g/mol. The van der Waals surface area contributed by atoms with Crippen molar-refractivity contribution in [1.29, 1.82) is 0 Å². The van der Waals surface area contributed by atoms with E-state index in [0.717, 1.165) is 5.69 Å². The van der Waals surface area contributed by atoms with Crippen LogP contribution in [0, 0.1) is 13.8 Å². The Kier molecular flexibility index (Phi) is 4.81. The number of nitrogens with one attached hydrogen (secondary N) is 2. The summed E-state index contributed by atoms with van der Waals surface area (Å²) >= 11 is 0. The van der Waals surface area contributed by atoms with E-state index in [-0.39, 0.29) is 16.5 Å². The van der Waals surface area contributed by atoms with Gasteiger partial charge in [0, 0.05) is 0 Å². The number of aryl methyl sites for hydroxylation is 2. The monoisotopic (exact) mass is 374 g/mol. The maximum absolute atomic E-state index is 12.5. The number of hydrogen-bond acceptors (Lipinski definition) is 7. The van der Waals surface area contributed by atoms with Gasteiger partial charge in [-0.15, -0.1) is 0 Å². The van der Waals surface area contributed by atoms with Gasteiger partial charge in [0.15, 0.2) is 10.7 Å². The van der Waals surface area contributed by atoms with Crippen molar-refractivity contribution < 1.29 is 17.7 Å². The number of ether oxygens (including phenoxy) is 1. The number of pyridine rings is 1. The van der Waals surface area contributed by atoms with Crippen LogP contribution in [0.5, 0.6) is 5.75 Å². The van der Waals surface area contributed by atoms with Gasteiger partial charge in [0.1, 0.15) is 17.3 Å². The second-order valence-corrected chi connectivity index (χ2v) is 7.14. The molecule has 0 spiro atoms. The Morgan fingerprint density at radius 2 is 1.88 bits per heavy atom. The number of benzene rings is 1. The highest BCUT2D eigenvalue weighted by atomic mass is 32.2. The van der Waals surface area contributed by atoms with Gasteiger partial charge in [-0.3, -0.25) is 4.72 Å². The summed E-state index contributed by atoms with van der Waals surface area (Å²) in [6.07, 6.45) is 1.53. The fourth-order valence-corrected chi connectivity index (χ4v) is 3.82. The zero-order valence-electron chi connectivity index (χ0n) is 14.5. The molecule has 9 heteroatoms. The number of para-hydroxylation sites is 2. The molecule has 3 aromatic rings. The molecular weight excluding hydrogens is 356 g/mol. The van der Waals surface area contributed by atoms with Crippen molar-refractivity contribution in [1.82, 2.24) is 10.1 Å². The van der Waals surface area contributed by atoms with Crippen molar-refractivity contribution >= 4 is 27.2 Å². The number of sulfonamides is 1. The van der Waals surface area contributed by atoms with Crippen LogP contribution in [0.3, 0.4) is 0 Å². The maximum Gasteiger partial charge on any atom is 0.268 e. The lowest BCUT2D eigenvalue weighted by atomic mass is 10.3. The van der Waals surface area contributed by atoms with Gasteiger partial charge in [-0.1, -0.05) is 17.3 Å². The zero-order chi connectivity index (χ0) is 18.7. The predicted octanol–water partition coefficient (Wildman–Crippen LogP) is 3.24. The third-order valence-corrected chi connectivity index (χ3v) is 5.22. The molecule has 2 N–H and O–H groups in total. The quantitative estimate of drug-likeness (QED) is 0.682. The van der Waals surface area contributed by atoms with Crippen LogP contribution in [0.4, 0.5) is 17.2 Å². The van der Waals surface area contributed by atoms with Crippen LogP contribution in [-0.2, 0) is 10.0 Å². The van der Waals surface area contributed by atoms with Gasteiger partial charge in [-0.25, -0.2) is 13.4 Å². The van der Waals surface area contributed by atoms with E-state index in [1.165, 1.54) is 6.20 Å². The summed E-state index contributed by atoms with van der Waals surface area (Å²) in [5.74, 6) is 1.11. The van der Waals surface area contributed by atoms with Gasteiger partial charge in [0.2, 0.25) is 0 Å². The first-order valence-electron chi connectivity index (χ1n) is 7.72. The summed E-state index contributed by atoms with van der Waals surface area (Å²) in [5.41, 5.74) is 1.76. The topological polar surface area (TPSA) is 106 Å². The molecule has 136 valence electrons. The number of methoxy groups -OCH3 is 1. The average Bonchev–Trinajstić information content (AvgIpc) is 2.96. The number of anilines is 3. The van der Waals surface area contributed by atoms with Crippen LogP contribution in [-0.4, -0.2) is 25.7 Å². The van der Waals surface area contributed by atoms with Gasteiger partial charge in [0.25, 0.3) is 10.0 Å². The summed E-state index contributed by atoms with van der Waals surface area (Å²) in [5, 5.41) is 6.83. The fourth-order valence-electron chi connectivity index (χ4n) is 2.48. The van der Waals surface area contributed by atoms with Crippen molar-refractivity contribution in [2.45, 2.75) is 18.7 Å². The lowest BCUT2D eigenvalue weighted by Gasteiger charge is -2.11. The van der Waals surface area contributed by atoms with Crippen molar-refractivity contribution in [3.8, 4) is 5.75 Å². The standard InChI is InChI=1S/C17H18N4O4S/c1-11-17(12(2)25-20-11)26(22,23)21-16-9-8-13(10-18-16)19-14-6-4-5-7-15(14)24-3/h4-10,19H,1-3H3,(H,18,21). The molecule has 0 aliphatic rings. The predicted molar refractivity (Wildman–Crippen MR) is 97.3 cm³/mol. The van der Waals surface area contributed by atoms with Gasteiger partial charge >= 0.3 is 0 Å². The molecule has 26 heavy (non-hydrogen) atoms. The lowest BCUT2D eigenvalue weighted by Crippen LogP contribution is -2.15. The van der Waals surface area contributed by atoms with E-state index in [9.17, 15) is 8.42 Å². The van der Waals surface area contributed by atoms with Gasteiger partial charge in [-0.2, -0.15) is 0 Å². The van der Waals surface area contributed by atoms with Crippen LogP contribution in [0.1, 0.15) is 11.5 Å². The lowest BCUT2D eigenvalue weighted by molar-refractivity contribution is 0.390. The molecule has 3 rings (SSSR count). The first-order chi connectivity index (χ1) is 12.4. The summed E-state index contributed by atoms with van der Waals surface area (Å²) < 4.78 is 37.6. The van der Waals surface area contributed by atoms with E-state index in [0.29, 0.717) is 17.1 Å². The second-order valence-electron chi connectivity index (χ2n) is 5.52. The van der Waals surface area contributed by atoms with Gasteiger partial charge in [-0.05, 0) is 38.1 Å². The Hall–Kier alpha value is -3.07. The van der Waals surface area contributed by atoms with Crippen molar-refractivity contribution in [2.24, 2.45) is 0 Å². The highest BCUT2D eigenvalue weighted by Gasteiger charge is 2.24. The highest BCUT2D eigenvalue weighted by molar-refractivity contribution is 7.92. The number of nitrogens with zero attached hydrogens (tertiary/aromatic N) is 2. The number of hydrogen-bond donors (Lipinski definition) is 2. The fraction of sp³-hybridized carbons (Fsp3) is 0.176. The van der Waals surface area contributed by atoms with Crippen molar-refractivity contribution in [2.75, 3.05) is 17.1 Å². The van der Waals surface area contributed by atoms with Crippen LogP contribution in [0.25, 0.3) is 0 Å². The Morgan fingerprint density at radius 1 is 1.12 bits per heavy atom. The van der Waals surface area contributed by atoms with E-state index in [4.69, 9.17) is 9.26 Å². The van der Waals surface area contributed by atoms with E-state index in [1.807, 2.05) is 24.3 Å². The van der Waals surface area contributed by atoms with E-state index in [1.54, 1.807) is 33.1 Å². The highest BCUT2D eigenvalue weighted by Crippen LogP contribution is 2.27. The minimum atomic E-state index is -3.82. The summed E-state index contributed by atoms with van der Waals surface area (Å²) in [7, 11) is -2.23. The van der Waals surface area contributed by atoms with E-state index in [2.05, 4.69) is 20.2 Å². The molecule has 1 aromatic carbocycles. The molecule has 0 fully saturated rings. The van der Waals surface area contributed by atoms with Crippen LogP contribution in [0.2, 0.25) is 0 Å². The van der Waals surface area contributed by atoms with E-state index < -0.39 is 10.0 Å². The molecule has 0 aliphatic carbocycles. The molecule has 0 aliphatic heterocycles. The Morgan fingerprint density at radius 3 is 2.50 bits per heavy atom. The first kappa shape index (κ1) is 17.7. The zero-order valence-corrected chi connectivity index (χ0v) is 15.3. The summed E-state index contributed by atoms with van der Waals surface area (Å²) in [6.45, 7) is 3.11. The largest absolute Gasteiger partial charge is 0.495 e. The molecule has 0 atom stereocenters. The second kappa shape index (κ2) is 7.04. The Balaban J connectivity index is 1.78. The molecule has 2 aromatic heterocycles. The molecule has 2 heterocycles. The van der Waals surface area contributed by atoms with Gasteiger partial charge < -0.3 is 14.6 Å². The van der Waals surface area contributed by atoms with Crippen LogP contribution in [0.15, 0.2) is 52.0 Å². The third kappa shape index (κ3) is 3.62. The third-order valence-electron chi connectivity index (χ3n) is 3.62. The normalized spacial score (nSPS) is 11.2. The van der Waals surface area contributed by atoms with Crippen LogP contribution < -0.4 is 14.8 Å². The Bertz CT molecular complexity index is 994. The molecule has 0 bridgehead atoms. The molecule has 0 saturated heterocycles. The first-order valence-corrected chi connectivity index (χ1v) is 9.21. The van der Waals surface area contributed by atoms with Crippen molar-refractivity contribution in [3.63, 3.8) is 0 Å². The molecule has 8 nitrogen and oxygen atoms in total. The SMILES string of the molecule is COc1ccccc1Nc1ccc(NS(=O)(=O)c2c(C)noc2C)nc1. The number of aromatic nitrogens is 2. The minimum Gasteiger partial charge on any atom is -0.495 e. The summed E-state index contributed by atoms with van der Waals surface area (Å²) in [6, 6.07) is 10.7. The molecule has 0 saturated carbocycles. The smallest absolute Gasteiger partial charge is 0.268 e. The maximum atomic E-state index is 12.5. The van der Waals surface area contributed by atoms with E-state index >= 15 is 0 Å². The minimum absolute atomic E-state index is 0.0236.